The second-order valence-corrected chi connectivity index (χ2v) is 5.80. The number of morpholine rings is 1. The van der Waals surface area contributed by atoms with Crippen LogP contribution in [-0.4, -0.2) is 49.8 Å². The van der Waals surface area contributed by atoms with E-state index in [2.05, 4.69) is 17.1 Å². The van der Waals surface area contributed by atoms with E-state index in [-0.39, 0.29) is 0 Å². The molecule has 1 aliphatic carbocycles. The fraction of sp³-hybridized carbons (Fsp3) is 1.00. The van der Waals surface area contributed by atoms with Gasteiger partial charge in [-0.15, -0.1) is 0 Å². The molecule has 3 heteroatoms. The summed E-state index contributed by atoms with van der Waals surface area (Å²) in [6.07, 6.45) is 4.57. The van der Waals surface area contributed by atoms with E-state index in [0.717, 1.165) is 31.0 Å². The molecule has 16 heavy (non-hydrogen) atoms. The molecule has 2 aliphatic heterocycles. The lowest BCUT2D eigenvalue weighted by Crippen LogP contribution is -2.50. The first-order valence-corrected chi connectivity index (χ1v) is 6.91. The van der Waals surface area contributed by atoms with E-state index in [0.29, 0.717) is 6.10 Å². The normalized spacial score (nSPS) is 44.8. The first-order chi connectivity index (χ1) is 7.84. The van der Waals surface area contributed by atoms with Crippen LogP contribution in [0.4, 0.5) is 0 Å². The Labute approximate surface area is 98.5 Å². The Bertz CT molecular complexity index is 246. The monoisotopic (exact) mass is 224 g/mol. The van der Waals surface area contributed by atoms with Gasteiger partial charge in [0.15, 0.2) is 0 Å². The Morgan fingerprint density at radius 2 is 2.25 bits per heavy atom. The van der Waals surface area contributed by atoms with Gasteiger partial charge < -0.3 is 10.1 Å². The lowest BCUT2D eigenvalue weighted by Gasteiger charge is -2.39. The minimum atomic E-state index is 0.554. The van der Waals surface area contributed by atoms with Gasteiger partial charge in [0.25, 0.3) is 0 Å². The van der Waals surface area contributed by atoms with Crippen molar-refractivity contribution >= 4 is 0 Å². The summed E-state index contributed by atoms with van der Waals surface area (Å²) in [4.78, 5) is 2.72. The van der Waals surface area contributed by atoms with Gasteiger partial charge in [0.05, 0.1) is 12.7 Å². The van der Waals surface area contributed by atoms with Gasteiger partial charge >= 0.3 is 0 Å². The van der Waals surface area contributed by atoms with Gasteiger partial charge in [-0.3, -0.25) is 4.90 Å². The summed E-state index contributed by atoms with van der Waals surface area (Å²) in [5.74, 6) is 1.71. The zero-order valence-electron chi connectivity index (χ0n) is 10.3. The summed E-state index contributed by atoms with van der Waals surface area (Å²) in [7, 11) is 0. The quantitative estimate of drug-likeness (QED) is 0.760. The summed E-state index contributed by atoms with van der Waals surface area (Å²) in [6, 6.07) is 0.738. The Morgan fingerprint density at radius 1 is 1.31 bits per heavy atom. The Hall–Kier alpha value is -0.120. The second-order valence-electron chi connectivity index (χ2n) is 5.80. The van der Waals surface area contributed by atoms with E-state index < -0.39 is 0 Å². The van der Waals surface area contributed by atoms with E-state index in [9.17, 15) is 0 Å². The van der Waals surface area contributed by atoms with Crippen LogP contribution in [-0.2, 0) is 4.74 Å². The number of hydrogen-bond acceptors (Lipinski definition) is 3. The first-order valence-electron chi connectivity index (χ1n) is 6.91. The van der Waals surface area contributed by atoms with Gasteiger partial charge in [-0.05, 0) is 44.2 Å². The number of nitrogens with zero attached hydrogens (tertiary/aromatic N) is 1. The van der Waals surface area contributed by atoms with Gasteiger partial charge in [-0.2, -0.15) is 0 Å². The minimum Gasteiger partial charge on any atom is -0.375 e. The number of nitrogens with one attached hydrogen (secondary N) is 1. The van der Waals surface area contributed by atoms with Crippen LogP contribution in [0, 0.1) is 11.8 Å². The van der Waals surface area contributed by atoms with Crippen molar-refractivity contribution in [1.29, 1.82) is 0 Å². The molecule has 1 saturated carbocycles. The Kier molecular flexibility index (Phi) is 3.18. The maximum Gasteiger partial charge on any atom is 0.0730 e. The fourth-order valence-corrected chi connectivity index (χ4v) is 3.64. The largest absolute Gasteiger partial charge is 0.375 e. The number of ether oxygens (including phenoxy) is 1. The third kappa shape index (κ3) is 2.01. The Balaban J connectivity index is 1.60. The SMILES string of the molecule is CC1CNCC1CN1CCOC2CCCC21. The lowest BCUT2D eigenvalue weighted by molar-refractivity contribution is -0.0608. The van der Waals surface area contributed by atoms with Crippen molar-refractivity contribution in [3.63, 3.8) is 0 Å². The van der Waals surface area contributed by atoms with Crippen molar-refractivity contribution in [2.45, 2.75) is 38.3 Å². The Morgan fingerprint density at radius 3 is 3.06 bits per heavy atom. The highest BCUT2D eigenvalue weighted by molar-refractivity contribution is 4.91. The maximum atomic E-state index is 5.87. The van der Waals surface area contributed by atoms with Crippen molar-refractivity contribution in [2.24, 2.45) is 11.8 Å². The second kappa shape index (κ2) is 4.63. The van der Waals surface area contributed by atoms with Crippen LogP contribution in [0.5, 0.6) is 0 Å². The molecular formula is C13H24N2O. The molecule has 92 valence electrons. The van der Waals surface area contributed by atoms with E-state index in [1.54, 1.807) is 0 Å². The van der Waals surface area contributed by atoms with Gasteiger partial charge in [0.1, 0.15) is 0 Å². The van der Waals surface area contributed by atoms with E-state index in [4.69, 9.17) is 4.74 Å². The summed E-state index contributed by atoms with van der Waals surface area (Å²) in [5.41, 5.74) is 0. The lowest BCUT2D eigenvalue weighted by atomic mass is 9.96. The maximum absolute atomic E-state index is 5.87. The summed E-state index contributed by atoms with van der Waals surface area (Å²) in [5, 5.41) is 3.51. The fourth-order valence-electron chi connectivity index (χ4n) is 3.64. The van der Waals surface area contributed by atoms with E-state index >= 15 is 0 Å². The number of hydrogen-bond donors (Lipinski definition) is 1. The molecule has 4 atom stereocenters. The third-order valence-corrected chi connectivity index (χ3v) is 4.74. The highest BCUT2D eigenvalue weighted by atomic mass is 16.5. The molecule has 3 fully saturated rings. The molecule has 0 aromatic heterocycles. The molecule has 0 amide bonds. The third-order valence-electron chi connectivity index (χ3n) is 4.74. The van der Waals surface area contributed by atoms with Crippen molar-refractivity contribution in [3.05, 3.63) is 0 Å². The van der Waals surface area contributed by atoms with E-state index in [1.807, 2.05) is 0 Å². The average molecular weight is 224 g/mol. The van der Waals surface area contributed by atoms with Crippen molar-refractivity contribution < 1.29 is 4.74 Å². The molecule has 0 radical (unpaired) electrons. The standard InChI is InChI=1S/C13H24N2O/c1-10-7-14-8-11(10)9-15-5-6-16-13-4-2-3-12(13)15/h10-14H,2-9H2,1H3. The van der Waals surface area contributed by atoms with Crippen molar-refractivity contribution in [3.8, 4) is 0 Å². The first kappa shape index (κ1) is 11.0. The smallest absolute Gasteiger partial charge is 0.0730 e. The van der Waals surface area contributed by atoms with Crippen LogP contribution in [0.3, 0.4) is 0 Å². The molecule has 3 aliphatic rings. The molecule has 2 saturated heterocycles. The molecular weight excluding hydrogens is 200 g/mol. The molecule has 2 heterocycles. The zero-order valence-corrected chi connectivity index (χ0v) is 10.3. The average Bonchev–Trinajstić information content (AvgIpc) is 2.89. The molecule has 0 aromatic carbocycles. The molecule has 0 bridgehead atoms. The molecule has 1 N–H and O–H groups in total. The van der Waals surface area contributed by atoms with Crippen molar-refractivity contribution in [1.82, 2.24) is 10.2 Å². The summed E-state index contributed by atoms with van der Waals surface area (Å²) < 4.78 is 5.87. The zero-order chi connectivity index (χ0) is 11.0. The predicted octanol–water partition coefficient (Wildman–Crippen LogP) is 1.10. The molecule has 3 rings (SSSR count). The van der Waals surface area contributed by atoms with Crippen LogP contribution < -0.4 is 5.32 Å². The molecule has 3 nitrogen and oxygen atoms in total. The van der Waals surface area contributed by atoms with Crippen LogP contribution >= 0.6 is 0 Å². The van der Waals surface area contributed by atoms with Crippen LogP contribution in [0.2, 0.25) is 0 Å². The summed E-state index contributed by atoms with van der Waals surface area (Å²) in [6.45, 7) is 8.22. The topological polar surface area (TPSA) is 24.5 Å². The highest BCUT2D eigenvalue weighted by Gasteiger charge is 2.37. The van der Waals surface area contributed by atoms with Gasteiger partial charge in [0.2, 0.25) is 0 Å². The predicted molar refractivity (Wildman–Crippen MR) is 64.5 cm³/mol. The molecule has 0 spiro atoms. The number of rotatable bonds is 2. The van der Waals surface area contributed by atoms with Gasteiger partial charge in [-0.1, -0.05) is 6.92 Å². The van der Waals surface area contributed by atoms with Gasteiger partial charge in [0, 0.05) is 19.1 Å². The number of fused-ring (bicyclic) bond motifs is 1. The van der Waals surface area contributed by atoms with Crippen LogP contribution in [0.15, 0.2) is 0 Å². The molecule has 4 unspecified atom stereocenters. The van der Waals surface area contributed by atoms with Crippen LogP contribution in [0.1, 0.15) is 26.2 Å². The highest BCUT2D eigenvalue weighted by Crippen LogP contribution is 2.31. The molecule has 0 aromatic rings. The van der Waals surface area contributed by atoms with Crippen LogP contribution in [0.25, 0.3) is 0 Å². The van der Waals surface area contributed by atoms with Crippen molar-refractivity contribution in [2.75, 3.05) is 32.8 Å². The minimum absolute atomic E-state index is 0.554. The van der Waals surface area contributed by atoms with E-state index in [1.165, 1.54) is 38.9 Å². The summed E-state index contributed by atoms with van der Waals surface area (Å²) >= 11 is 0. The van der Waals surface area contributed by atoms with Gasteiger partial charge in [-0.25, -0.2) is 0 Å².